The molecule has 21 heavy (non-hydrogen) atoms. The number of hydrogen-bond donors (Lipinski definition) is 2. The van der Waals surface area contributed by atoms with E-state index in [1.807, 2.05) is 24.3 Å². The molecule has 112 valence electrons. The van der Waals surface area contributed by atoms with E-state index in [-0.39, 0.29) is 5.82 Å². The van der Waals surface area contributed by atoms with Crippen molar-refractivity contribution in [3.63, 3.8) is 0 Å². The lowest BCUT2D eigenvalue weighted by Gasteiger charge is -2.09. The summed E-state index contributed by atoms with van der Waals surface area (Å²) in [6.07, 6.45) is 1.11. The molecule has 0 fully saturated rings. The molecule has 7 heteroatoms. The lowest BCUT2D eigenvalue weighted by Crippen LogP contribution is -2.04. The summed E-state index contributed by atoms with van der Waals surface area (Å²) >= 11 is 0. The Morgan fingerprint density at radius 3 is 2.62 bits per heavy atom. The van der Waals surface area contributed by atoms with Gasteiger partial charge in [-0.05, 0) is 24.3 Å². The van der Waals surface area contributed by atoms with Gasteiger partial charge in [-0.2, -0.15) is 4.98 Å². The van der Waals surface area contributed by atoms with Gasteiger partial charge in [0.2, 0.25) is 5.95 Å². The van der Waals surface area contributed by atoms with Crippen LogP contribution >= 0.6 is 0 Å². The molecule has 0 aliphatic rings. The predicted octanol–water partition coefficient (Wildman–Crippen LogP) is 2.43. The zero-order valence-electron chi connectivity index (χ0n) is 11.9. The highest BCUT2D eigenvalue weighted by Crippen LogP contribution is 2.19. The van der Waals surface area contributed by atoms with Crippen LogP contribution in [0.5, 0.6) is 5.75 Å². The van der Waals surface area contributed by atoms with Crippen molar-refractivity contribution in [2.45, 2.75) is 0 Å². The number of halogens is 1. The Hall–Kier alpha value is -2.41. The van der Waals surface area contributed by atoms with Crippen LogP contribution in [0, 0.1) is 5.82 Å². The molecule has 0 bridgehead atoms. The van der Waals surface area contributed by atoms with Gasteiger partial charge >= 0.3 is 0 Å². The fraction of sp³-hybridized carbons (Fsp3) is 0.286. The molecule has 0 spiro atoms. The largest absolute Gasteiger partial charge is 0.491 e. The van der Waals surface area contributed by atoms with Gasteiger partial charge in [0.25, 0.3) is 0 Å². The lowest BCUT2D eigenvalue weighted by molar-refractivity contribution is 0.146. The quantitative estimate of drug-likeness (QED) is 0.764. The van der Waals surface area contributed by atoms with E-state index in [0.29, 0.717) is 19.2 Å². The zero-order valence-corrected chi connectivity index (χ0v) is 11.9. The van der Waals surface area contributed by atoms with Crippen LogP contribution in [0.1, 0.15) is 0 Å². The van der Waals surface area contributed by atoms with E-state index in [4.69, 9.17) is 9.47 Å². The minimum atomic E-state index is -0.495. The summed E-state index contributed by atoms with van der Waals surface area (Å²) in [5.74, 6) is 0.708. The van der Waals surface area contributed by atoms with Crippen LogP contribution in [0.2, 0.25) is 0 Å². The smallest absolute Gasteiger partial charge is 0.229 e. The Kier molecular flexibility index (Phi) is 5.28. The summed E-state index contributed by atoms with van der Waals surface area (Å²) in [6, 6.07) is 7.29. The molecule has 0 aliphatic heterocycles. The number of hydrogen-bond acceptors (Lipinski definition) is 6. The molecule has 6 nitrogen and oxygen atoms in total. The Bertz CT molecular complexity index is 578. The highest BCUT2D eigenvalue weighted by Gasteiger charge is 2.05. The third kappa shape index (κ3) is 4.28. The fourth-order valence-corrected chi connectivity index (χ4v) is 1.61. The molecular formula is C14H17FN4O2. The van der Waals surface area contributed by atoms with E-state index >= 15 is 0 Å². The van der Waals surface area contributed by atoms with Crippen LogP contribution in [0.3, 0.4) is 0 Å². The summed E-state index contributed by atoms with van der Waals surface area (Å²) in [6.45, 7) is 1.03. The van der Waals surface area contributed by atoms with Crippen LogP contribution < -0.4 is 15.4 Å². The molecule has 2 N–H and O–H groups in total. The molecule has 2 rings (SSSR count). The van der Waals surface area contributed by atoms with E-state index in [1.165, 1.54) is 0 Å². The maximum atomic E-state index is 13.3. The number of nitrogens with zero attached hydrogens (tertiary/aromatic N) is 2. The standard InChI is InChI=1S/C14H17FN4O2/c1-16-13-12(15)9-17-14(19-13)18-10-3-5-11(6-4-10)21-8-7-20-2/h3-6,9H,7-8H2,1-2H3,(H2,16,17,18,19). The Morgan fingerprint density at radius 1 is 1.19 bits per heavy atom. The number of anilines is 3. The highest BCUT2D eigenvalue weighted by molar-refractivity contribution is 5.55. The first kappa shape index (κ1) is 15.0. The zero-order chi connectivity index (χ0) is 15.1. The number of nitrogens with one attached hydrogen (secondary N) is 2. The fourth-order valence-electron chi connectivity index (χ4n) is 1.61. The first-order valence-electron chi connectivity index (χ1n) is 6.42. The third-order valence-electron chi connectivity index (χ3n) is 2.65. The minimum absolute atomic E-state index is 0.145. The molecule has 0 saturated carbocycles. The molecule has 0 atom stereocenters. The van der Waals surface area contributed by atoms with Crippen LogP contribution in [0.4, 0.5) is 21.8 Å². The second kappa shape index (κ2) is 7.39. The van der Waals surface area contributed by atoms with E-state index in [9.17, 15) is 4.39 Å². The summed E-state index contributed by atoms with van der Waals surface area (Å²) in [4.78, 5) is 7.89. The average Bonchev–Trinajstić information content (AvgIpc) is 2.51. The Morgan fingerprint density at radius 2 is 1.95 bits per heavy atom. The monoisotopic (exact) mass is 292 g/mol. The highest BCUT2D eigenvalue weighted by atomic mass is 19.1. The normalized spacial score (nSPS) is 10.2. The first-order valence-corrected chi connectivity index (χ1v) is 6.42. The number of ether oxygens (including phenoxy) is 2. The molecule has 1 aromatic heterocycles. The molecule has 1 heterocycles. The van der Waals surface area contributed by atoms with Crippen molar-refractivity contribution >= 4 is 17.5 Å². The van der Waals surface area contributed by atoms with E-state index < -0.39 is 5.82 Å². The van der Waals surface area contributed by atoms with Crippen LogP contribution in [0.15, 0.2) is 30.5 Å². The van der Waals surface area contributed by atoms with Crippen LogP contribution in [-0.4, -0.2) is 37.3 Å². The van der Waals surface area contributed by atoms with Gasteiger partial charge in [-0.1, -0.05) is 0 Å². The Labute approximate surface area is 122 Å². The SMILES string of the molecule is CNc1nc(Nc2ccc(OCCOC)cc2)ncc1F. The van der Waals surface area contributed by atoms with Gasteiger partial charge in [0, 0.05) is 19.8 Å². The molecule has 0 aliphatic carbocycles. The van der Waals surface area contributed by atoms with E-state index in [1.54, 1.807) is 14.2 Å². The molecule has 1 aromatic carbocycles. The minimum Gasteiger partial charge on any atom is -0.491 e. The summed E-state index contributed by atoms with van der Waals surface area (Å²) in [5, 5.41) is 5.65. The topological polar surface area (TPSA) is 68.3 Å². The molecule has 0 unspecified atom stereocenters. The number of aromatic nitrogens is 2. The van der Waals surface area contributed by atoms with Crippen molar-refractivity contribution in [3.8, 4) is 5.75 Å². The average molecular weight is 292 g/mol. The molecule has 2 aromatic rings. The van der Waals surface area contributed by atoms with Crippen LogP contribution in [0.25, 0.3) is 0 Å². The molecule has 0 radical (unpaired) electrons. The second-order valence-electron chi connectivity index (χ2n) is 4.13. The number of rotatable bonds is 7. The van der Waals surface area contributed by atoms with Crippen molar-refractivity contribution in [1.82, 2.24) is 9.97 Å². The van der Waals surface area contributed by atoms with Crippen molar-refractivity contribution < 1.29 is 13.9 Å². The maximum Gasteiger partial charge on any atom is 0.229 e. The number of methoxy groups -OCH3 is 1. The van der Waals surface area contributed by atoms with E-state index in [0.717, 1.165) is 17.6 Å². The second-order valence-corrected chi connectivity index (χ2v) is 4.13. The van der Waals surface area contributed by atoms with Crippen molar-refractivity contribution in [2.75, 3.05) is 38.0 Å². The third-order valence-corrected chi connectivity index (χ3v) is 2.65. The van der Waals surface area contributed by atoms with Gasteiger partial charge in [-0.15, -0.1) is 0 Å². The summed E-state index contributed by atoms with van der Waals surface area (Å²) in [7, 11) is 3.22. The van der Waals surface area contributed by atoms with Gasteiger partial charge < -0.3 is 20.1 Å². The van der Waals surface area contributed by atoms with Gasteiger partial charge in [0.1, 0.15) is 12.4 Å². The van der Waals surface area contributed by atoms with Crippen molar-refractivity contribution in [3.05, 3.63) is 36.3 Å². The Balaban J connectivity index is 1.99. The van der Waals surface area contributed by atoms with Gasteiger partial charge in [0.15, 0.2) is 11.6 Å². The first-order chi connectivity index (χ1) is 10.2. The summed E-state index contributed by atoms with van der Waals surface area (Å²) < 4.78 is 23.6. The van der Waals surface area contributed by atoms with Crippen LogP contribution in [-0.2, 0) is 4.74 Å². The van der Waals surface area contributed by atoms with Crippen molar-refractivity contribution in [1.29, 1.82) is 0 Å². The summed E-state index contributed by atoms with van der Waals surface area (Å²) in [5.41, 5.74) is 0.780. The maximum absolute atomic E-state index is 13.3. The van der Waals surface area contributed by atoms with Crippen molar-refractivity contribution in [2.24, 2.45) is 0 Å². The lowest BCUT2D eigenvalue weighted by atomic mass is 10.3. The predicted molar refractivity (Wildman–Crippen MR) is 78.6 cm³/mol. The van der Waals surface area contributed by atoms with Gasteiger partial charge in [-0.3, -0.25) is 0 Å². The molecule has 0 saturated heterocycles. The number of benzene rings is 1. The van der Waals surface area contributed by atoms with Gasteiger partial charge in [0.05, 0.1) is 12.8 Å². The van der Waals surface area contributed by atoms with E-state index in [2.05, 4.69) is 20.6 Å². The molecule has 0 amide bonds. The molecular weight excluding hydrogens is 275 g/mol. The van der Waals surface area contributed by atoms with Gasteiger partial charge in [-0.25, -0.2) is 9.37 Å².